The van der Waals surface area contributed by atoms with Crippen LogP contribution in [-0.2, 0) is 14.8 Å². The lowest BCUT2D eigenvalue weighted by Crippen LogP contribution is -2.41. The molecule has 3 N–H and O–H groups in total. The van der Waals surface area contributed by atoms with Crippen molar-refractivity contribution in [2.24, 2.45) is 0 Å². The van der Waals surface area contributed by atoms with Crippen molar-refractivity contribution in [2.75, 3.05) is 12.8 Å². The number of benzene rings is 1. The number of methoxy groups -OCH3 is 1. The summed E-state index contributed by atoms with van der Waals surface area (Å²) < 4.78 is 32.9. The zero-order valence-corrected chi connectivity index (χ0v) is 12.0. The Kier molecular flexibility index (Phi) is 4.13. The number of hydrogen-bond donors (Lipinski definition) is 2. The number of anilines is 1. The van der Waals surface area contributed by atoms with E-state index in [-0.39, 0.29) is 22.7 Å². The number of nitrogens with one attached hydrogen (secondary N) is 1. The van der Waals surface area contributed by atoms with E-state index >= 15 is 0 Å². The first kappa shape index (κ1) is 14.3. The molecular weight excluding hydrogens is 264 g/mol. The second kappa shape index (κ2) is 5.48. The Labute approximate surface area is 114 Å². The molecule has 1 fully saturated rings. The van der Waals surface area contributed by atoms with Crippen LogP contribution in [0.2, 0.25) is 0 Å². The largest absolute Gasteiger partial charge is 0.398 e. The minimum atomic E-state index is -3.60. The van der Waals surface area contributed by atoms with Crippen LogP contribution in [0.4, 0.5) is 5.69 Å². The maximum Gasteiger partial charge on any atom is 0.243 e. The van der Waals surface area contributed by atoms with Gasteiger partial charge in [-0.05, 0) is 37.8 Å². The summed E-state index contributed by atoms with van der Waals surface area (Å²) in [4.78, 5) is 0.178. The standard InChI is InChI=1S/C13H20N2O3S/c1-9-5-3-6-10(14)13(9)19(16,17)15-11-7-4-8-12(11)18-2/h3,5-6,11-12,15H,4,7-8,14H2,1-2H3. The van der Waals surface area contributed by atoms with Crippen molar-refractivity contribution in [3.63, 3.8) is 0 Å². The Morgan fingerprint density at radius 1 is 1.37 bits per heavy atom. The van der Waals surface area contributed by atoms with E-state index in [0.717, 1.165) is 19.3 Å². The first-order valence-electron chi connectivity index (χ1n) is 6.36. The number of aryl methyl sites for hydroxylation is 1. The van der Waals surface area contributed by atoms with Crippen molar-refractivity contribution >= 4 is 15.7 Å². The van der Waals surface area contributed by atoms with Crippen LogP contribution in [0.5, 0.6) is 0 Å². The molecule has 2 atom stereocenters. The van der Waals surface area contributed by atoms with E-state index in [4.69, 9.17) is 10.5 Å². The van der Waals surface area contributed by atoms with E-state index in [1.165, 1.54) is 0 Å². The van der Waals surface area contributed by atoms with Crippen molar-refractivity contribution in [2.45, 2.75) is 43.2 Å². The summed E-state index contributed by atoms with van der Waals surface area (Å²) in [5, 5.41) is 0. The van der Waals surface area contributed by atoms with Gasteiger partial charge in [0.25, 0.3) is 0 Å². The number of sulfonamides is 1. The molecule has 1 aromatic rings. The Bertz CT molecular complexity index is 537. The van der Waals surface area contributed by atoms with E-state index in [1.807, 2.05) is 0 Å². The Morgan fingerprint density at radius 3 is 2.74 bits per heavy atom. The van der Waals surface area contributed by atoms with Gasteiger partial charge in [-0.3, -0.25) is 0 Å². The highest BCUT2D eigenvalue weighted by Gasteiger charge is 2.32. The monoisotopic (exact) mass is 284 g/mol. The van der Waals surface area contributed by atoms with Crippen molar-refractivity contribution in [1.29, 1.82) is 0 Å². The van der Waals surface area contributed by atoms with Gasteiger partial charge in [0.15, 0.2) is 0 Å². The van der Waals surface area contributed by atoms with Gasteiger partial charge in [0.1, 0.15) is 4.90 Å². The van der Waals surface area contributed by atoms with Gasteiger partial charge in [-0.2, -0.15) is 0 Å². The van der Waals surface area contributed by atoms with Gasteiger partial charge < -0.3 is 10.5 Å². The Morgan fingerprint density at radius 2 is 2.11 bits per heavy atom. The van der Waals surface area contributed by atoms with Crippen molar-refractivity contribution < 1.29 is 13.2 Å². The summed E-state index contributed by atoms with van der Waals surface area (Å²) in [6.45, 7) is 1.74. The third kappa shape index (κ3) is 2.91. The van der Waals surface area contributed by atoms with Crippen LogP contribution < -0.4 is 10.5 Å². The topological polar surface area (TPSA) is 81.4 Å². The summed E-state index contributed by atoms with van der Waals surface area (Å²) in [6, 6.07) is 4.92. The molecule has 0 bridgehead atoms. The normalized spacial score (nSPS) is 23.7. The van der Waals surface area contributed by atoms with Gasteiger partial charge in [0, 0.05) is 13.2 Å². The molecule has 0 saturated heterocycles. The van der Waals surface area contributed by atoms with Crippen molar-refractivity contribution in [3.8, 4) is 0 Å². The van der Waals surface area contributed by atoms with E-state index in [9.17, 15) is 8.42 Å². The summed E-state index contributed by atoms with van der Waals surface area (Å²) in [5.74, 6) is 0. The fourth-order valence-electron chi connectivity index (χ4n) is 2.64. The molecule has 0 amide bonds. The third-order valence-corrected chi connectivity index (χ3v) is 5.28. The highest BCUT2D eigenvalue weighted by Crippen LogP contribution is 2.26. The molecule has 0 radical (unpaired) electrons. The molecule has 6 heteroatoms. The predicted molar refractivity (Wildman–Crippen MR) is 74.3 cm³/mol. The molecule has 19 heavy (non-hydrogen) atoms. The average molecular weight is 284 g/mol. The van der Waals surface area contributed by atoms with Crippen LogP contribution >= 0.6 is 0 Å². The highest BCUT2D eigenvalue weighted by molar-refractivity contribution is 7.89. The number of nitrogens with two attached hydrogens (primary N) is 1. The maximum absolute atomic E-state index is 12.4. The SMILES string of the molecule is COC1CCCC1NS(=O)(=O)c1c(C)cccc1N. The second-order valence-corrected chi connectivity index (χ2v) is 6.58. The lowest BCUT2D eigenvalue weighted by molar-refractivity contribution is 0.0916. The van der Waals surface area contributed by atoms with Crippen LogP contribution in [0.1, 0.15) is 24.8 Å². The van der Waals surface area contributed by atoms with Crippen LogP contribution in [0, 0.1) is 6.92 Å². The third-order valence-electron chi connectivity index (χ3n) is 3.57. The number of ether oxygens (including phenoxy) is 1. The van der Waals surface area contributed by atoms with Gasteiger partial charge in [0.05, 0.1) is 11.8 Å². The molecule has 1 aliphatic rings. The summed E-state index contributed by atoms with van der Waals surface area (Å²) in [6.07, 6.45) is 2.59. The second-order valence-electron chi connectivity index (χ2n) is 4.93. The lowest BCUT2D eigenvalue weighted by Gasteiger charge is -2.20. The highest BCUT2D eigenvalue weighted by atomic mass is 32.2. The van der Waals surface area contributed by atoms with E-state index in [2.05, 4.69) is 4.72 Å². The molecule has 0 aromatic heterocycles. The zero-order valence-electron chi connectivity index (χ0n) is 11.2. The minimum absolute atomic E-state index is 0.0555. The lowest BCUT2D eigenvalue weighted by atomic mass is 10.2. The Hall–Kier alpha value is -1.11. The van der Waals surface area contributed by atoms with E-state index in [0.29, 0.717) is 5.56 Å². The number of hydrogen-bond acceptors (Lipinski definition) is 4. The molecule has 0 aliphatic heterocycles. The number of rotatable bonds is 4. The van der Waals surface area contributed by atoms with Gasteiger partial charge in [0.2, 0.25) is 10.0 Å². The van der Waals surface area contributed by atoms with Gasteiger partial charge in [-0.25, -0.2) is 13.1 Å². The van der Waals surface area contributed by atoms with Crippen LogP contribution in [0.25, 0.3) is 0 Å². The molecule has 1 aromatic carbocycles. The van der Waals surface area contributed by atoms with Crippen LogP contribution in [0.15, 0.2) is 23.1 Å². The molecular formula is C13H20N2O3S. The predicted octanol–water partition coefficient (Wildman–Crippen LogP) is 1.42. The summed E-state index contributed by atoms with van der Waals surface area (Å²) >= 11 is 0. The molecule has 0 spiro atoms. The summed E-state index contributed by atoms with van der Waals surface area (Å²) in [5.41, 5.74) is 6.73. The fraction of sp³-hybridized carbons (Fsp3) is 0.538. The first-order chi connectivity index (χ1) is 8.95. The van der Waals surface area contributed by atoms with Crippen molar-refractivity contribution in [3.05, 3.63) is 23.8 Å². The first-order valence-corrected chi connectivity index (χ1v) is 7.84. The Balaban J connectivity index is 2.28. The van der Waals surface area contributed by atoms with Crippen molar-refractivity contribution in [1.82, 2.24) is 4.72 Å². The molecule has 1 aliphatic carbocycles. The molecule has 0 heterocycles. The molecule has 2 unspecified atom stereocenters. The maximum atomic E-state index is 12.4. The molecule has 5 nitrogen and oxygen atoms in total. The van der Waals surface area contributed by atoms with E-state index in [1.54, 1.807) is 32.2 Å². The zero-order chi connectivity index (χ0) is 14.0. The fourth-order valence-corrected chi connectivity index (χ4v) is 4.30. The minimum Gasteiger partial charge on any atom is -0.398 e. The van der Waals surface area contributed by atoms with Gasteiger partial charge in [-0.15, -0.1) is 0 Å². The summed E-state index contributed by atoms with van der Waals surface area (Å²) in [7, 11) is -1.99. The van der Waals surface area contributed by atoms with Gasteiger partial charge in [-0.1, -0.05) is 12.1 Å². The molecule has 106 valence electrons. The van der Waals surface area contributed by atoms with Gasteiger partial charge >= 0.3 is 0 Å². The smallest absolute Gasteiger partial charge is 0.243 e. The quantitative estimate of drug-likeness (QED) is 0.819. The van der Waals surface area contributed by atoms with Crippen LogP contribution in [-0.4, -0.2) is 27.7 Å². The van der Waals surface area contributed by atoms with Crippen LogP contribution in [0.3, 0.4) is 0 Å². The number of nitrogen functional groups attached to an aromatic ring is 1. The molecule has 2 rings (SSSR count). The average Bonchev–Trinajstić information content (AvgIpc) is 2.74. The van der Waals surface area contributed by atoms with E-state index < -0.39 is 10.0 Å². The molecule has 1 saturated carbocycles.